The lowest BCUT2D eigenvalue weighted by molar-refractivity contribution is -0.120. The first-order chi connectivity index (χ1) is 5.07. The standard InChI is InChI=1S/C7H17N3O/c1-4-9-6(7(8)11)5-10(2)3/h6,9H,4-5H2,1-3H3,(H2,8,11). The molecular weight excluding hydrogens is 142 g/mol. The summed E-state index contributed by atoms with van der Waals surface area (Å²) in [6, 6.07) is -0.227. The van der Waals surface area contributed by atoms with Crippen molar-refractivity contribution in [3.63, 3.8) is 0 Å². The predicted octanol–water partition coefficient (Wildman–Crippen LogP) is -0.989. The van der Waals surface area contributed by atoms with Crippen LogP contribution in [0.2, 0.25) is 0 Å². The zero-order valence-electron chi connectivity index (χ0n) is 7.42. The Morgan fingerprint density at radius 1 is 1.64 bits per heavy atom. The monoisotopic (exact) mass is 159 g/mol. The first kappa shape index (κ1) is 10.4. The van der Waals surface area contributed by atoms with Crippen LogP contribution in [-0.2, 0) is 4.79 Å². The summed E-state index contributed by atoms with van der Waals surface area (Å²) in [5.41, 5.74) is 5.14. The van der Waals surface area contributed by atoms with E-state index in [2.05, 4.69) is 5.32 Å². The van der Waals surface area contributed by atoms with E-state index in [0.717, 1.165) is 6.54 Å². The third kappa shape index (κ3) is 4.75. The molecule has 4 heteroatoms. The molecule has 3 N–H and O–H groups in total. The zero-order chi connectivity index (χ0) is 8.85. The lowest BCUT2D eigenvalue weighted by atomic mass is 10.2. The Hall–Kier alpha value is -0.610. The number of nitrogens with one attached hydrogen (secondary N) is 1. The largest absolute Gasteiger partial charge is 0.368 e. The van der Waals surface area contributed by atoms with Crippen molar-refractivity contribution in [2.75, 3.05) is 27.2 Å². The Balaban J connectivity index is 3.79. The van der Waals surface area contributed by atoms with E-state index < -0.39 is 0 Å². The molecule has 0 spiro atoms. The summed E-state index contributed by atoms with van der Waals surface area (Å²) >= 11 is 0. The minimum atomic E-state index is -0.291. The van der Waals surface area contributed by atoms with Gasteiger partial charge in [-0.15, -0.1) is 0 Å². The first-order valence-electron chi connectivity index (χ1n) is 3.75. The van der Waals surface area contributed by atoms with Gasteiger partial charge < -0.3 is 16.0 Å². The van der Waals surface area contributed by atoms with Gasteiger partial charge in [0.15, 0.2) is 0 Å². The van der Waals surface area contributed by atoms with E-state index in [9.17, 15) is 4.79 Å². The molecule has 0 aliphatic heterocycles. The molecule has 1 unspecified atom stereocenters. The normalized spacial score (nSPS) is 13.5. The maximum Gasteiger partial charge on any atom is 0.235 e. The van der Waals surface area contributed by atoms with Gasteiger partial charge in [-0.3, -0.25) is 4.79 Å². The fraction of sp³-hybridized carbons (Fsp3) is 0.857. The number of primary amides is 1. The van der Waals surface area contributed by atoms with E-state index in [4.69, 9.17) is 5.73 Å². The number of nitrogens with zero attached hydrogens (tertiary/aromatic N) is 1. The molecule has 11 heavy (non-hydrogen) atoms. The molecule has 0 heterocycles. The molecule has 0 fully saturated rings. The summed E-state index contributed by atoms with van der Waals surface area (Å²) in [5, 5.41) is 3.00. The van der Waals surface area contributed by atoms with Gasteiger partial charge in [0.2, 0.25) is 5.91 Å². The zero-order valence-corrected chi connectivity index (χ0v) is 7.42. The minimum Gasteiger partial charge on any atom is -0.368 e. The number of hydrogen-bond acceptors (Lipinski definition) is 3. The number of nitrogens with two attached hydrogens (primary N) is 1. The highest BCUT2D eigenvalue weighted by Crippen LogP contribution is 1.84. The number of carbonyl (C=O) groups is 1. The molecule has 4 nitrogen and oxygen atoms in total. The molecule has 0 aromatic heterocycles. The Bertz CT molecular complexity index is 125. The van der Waals surface area contributed by atoms with Crippen molar-refractivity contribution >= 4 is 5.91 Å². The second-order valence-electron chi connectivity index (χ2n) is 2.77. The maximum absolute atomic E-state index is 10.8. The van der Waals surface area contributed by atoms with E-state index in [0.29, 0.717) is 6.54 Å². The first-order valence-corrected chi connectivity index (χ1v) is 3.75. The second kappa shape index (κ2) is 5.09. The second-order valence-corrected chi connectivity index (χ2v) is 2.77. The highest BCUT2D eigenvalue weighted by molar-refractivity contribution is 5.80. The van der Waals surface area contributed by atoms with Gasteiger partial charge in [-0.05, 0) is 20.6 Å². The van der Waals surface area contributed by atoms with Crippen molar-refractivity contribution < 1.29 is 4.79 Å². The molecule has 0 saturated heterocycles. The summed E-state index contributed by atoms with van der Waals surface area (Å²) in [5.74, 6) is -0.291. The quantitative estimate of drug-likeness (QED) is 0.541. The summed E-state index contributed by atoms with van der Waals surface area (Å²) < 4.78 is 0. The number of carbonyl (C=O) groups excluding carboxylic acids is 1. The van der Waals surface area contributed by atoms with Gasteiger partial charge in [0.05, 0.1) is 6.04 Å². The molecule has 0 aliphatic carbocycles. The molecule has 0 aliphatic rings. The number of amides is 1. The molecule has 0 rings (SSSR count). The highest BCUT2D eigenvalue weighted by atomic mass is 16.1. The van der Waals surface area contributed by atoms with E-state index in [1.807, 2.05) is 25.9 Å². The van der Waals surface area contributed by atoms with Gasteiger partial charge in [0.1, 0.15) is 0 Å². The Labute approximate surface area is 67.7 Å². The van der Waals surface area contributed by atoms with E-state index in [-0.39, 0.29) is 11.9 Å². The highest BCUT2D eigenvalue weighted by Gasteiger charge is 2.13. The molecule has 0 radical (unpaired) electrons. The van der Waals surface area contributed by atoms with Crippen LogP contribution in [0.5, 0.6) is 0 Å². The van der Waals surface area contributed by atoms with Crippen LogP contribution in [0.3, 0.4) is 0 Å². The Morgan fingerprint density at radius 2 is 2.18 bits per heavy atom. The molecule has 0 bridgehead atoms. The molecule has 0 aromatic rings. The average Bonchev–Trinajstić information content (AvgIpc) is 1.86. The van der Waals surface area contributed by atoms with Crippen LogP contribution < -0.4 is 11.1 Å². The van der Waals surface area contributed by atoms with E-state index in [1.165, 1.54) is 0 Å². The minimum absolute atomic E-state index is 0.227. The van der Waals surface area contributed by atoms with Crippen LogP contribution in [-0.4, -0.2) is 44.0 Å². The van der Waals surface area contributed by atoms with Gasteiger partial charge in [0, 0.05) is 6.54 Å². The summed E-state index contributed by atoms with van der Waals surface area (Å²) in [6.45, 7) is 3.37. The fourth-order valence-corrected chi connectivity index (χ4v) is 0.867. The lowest BCUT2D eigenvalue weighted by Gasteiger charge is -2.18. The van der Waals surface area contributed by atoms with Gasteiger partial charge in [-0.2, -0.15) is 0 Å². The van der Waals surface area contributed by atoms with Gasteiger partial charge >= 0.3 is 0 Å². The smallest absolute Gasteiger partial charge is 0.235 e. The lowest BCUT2D eigenvalue weighted by Crippen LogP contribution is -2.47. The van der Waals surface area contributed by atoms with Crippen molar-refractivity contribution in [3.8, 4) is 0 Å². The van der Waals surface area contributed by atoms with Crippen molar-refractivity contribution in [2.45, 2.75) is 13.0 Å². The van der Waals surface area contributed by atoms with Crippen molar-refractivity contribution in [3.05, 3.63) is 0 Å². The van der Waals surface area contributed by atoms with E-state index in [1.54, 1.807) is 0 Å². The number of likely N-dealkylation sites (N-methyl/N-ethyl adjacent to an activating group) is 2. The van der Waals surface area contributed by atoms with Crippen LogP contribution in [0.25, 0.3) is 0 Å². The third-order valence-corrected chi connectivity index (χ3v) is 1.34. The fourth-order valence-electron chi connectivity index (χ4n) is 0.867. The Morgan fingerprint density at radius 3 is 2.45 bits per heavy atom. The average molecular weight is 159 g/mol. The van der Waals surface area contributed by atoms with Gasteiger partial charge in [-0.1, -0.05) is 6.92 Å². The van der Waals surface area contributed by atoms with Crippen molar-refractivity contribution in [2.24, 2.45) is 5.73 Å². The van der Waals surface area contributed by atoms with E-state index >= 15 is 0 Å². The van der Waals surface area contributed by atoms with Crippen LogP contribution in [0.15, 0.2) is 0 Å². The molecule has 1 amide bonds. The molecule has 0 aromatic carbocycles. The van der Waals surface area contributed by atoms with Crippen LogP contribution >= 0.6 is 0 Å². The maximum atomic E-state index is 10.8. The van der Waals surface area contributed by atoms with Gasteiger partial charge in [-0.25, -0.2) is 0 Å². The van der Waals surface area contributed by atoms with Crippen LogP contribution in [0, 0.1) is 0 Å². The summed E-state index contributed by atoms with van der Waals surface area (Å²) in [7, 11) is 3.82. The molecule has 66 valence electrons. The van der Waals surface area contributed by atoms with Gasteiger partial charge in [0.25, 0.3) is 0 Å². The number of hydrogen-bond donors (Lipinski definition) is 2. The number of rotatable bonds is 5. The van der Waals surface area contributed by atoms with Crippen LogP contribution in [0.4, 0.5) is 0 Å². The predicted molar refractivity (Wildman–Crippen MR) is 45.2 cm³/mol. The summed E-state index contributed by atoms with van der Waals surface area (Å²) in [6.07, 6.45) is 0. The third-order valence-electron chi connectivity index (χ3n) is 1.34. The van der Waals surface area contributed by atoms with Crippen molar-refractivity contribution in [1.29, 1.82) is 0 Å². The van der Waals surface area contributed by atoms with Crippen molar-refractivity contribution in [1.82, 2.24) is 10.2 Å². The molecule has 0 saturated carbocycles. The summed E-state index contributed by atoms with van der Waals surface area (Å²) in [4.78, 5) is 12.7. The molecule has 1 atom stereocenters. The topological polar surface area (TPSA) is 58.4 Å². The SMILES string of the molecule is CCNC(CN(C)C)C(N)=O. The van der Waals surface area contributed by atoms with Crippen LogP contribution in [0.1, 0.15) is 6.92 Å². The Kier molecular flexibility index (Phi) is 4.81. The molecular formula is C7H17N3O.